The quantitative estimate of drug-likeness (QED) is 0.518. The van der Waals surface area contributed by atoms with Crippen LogP contribution < -0.4 is 11.1 Å². The molecule has 0 aromatic heterocycles. The van der Waals surface area contributed by atoms with Crippen molar-refractivity contribution in [2.45, 2.75) is 19.3 Å². The molecule has 0 aliphatic rings. The number of benzene rings is 1. The Morgan fingerprint density at radius 3 is 2.85 bits per heavy atom. The van der Waals surface area contributed by atoms with Crippen LogP contribution >= 0.6 is 0 Å². The third-order valence-corrected chi connectivity index (χ3v) is 2.48. The van der Waals surface area contributed by atoms with Crippen molar-refractivity contribution in [1.29, 1.82) is 0 Å². The van der Waals surface area contributed by atoms with Gasteiger partial charge in [-0.15, -0.1) is 0 Å². The van der Waals surface area contributed by atoms with Gasteiger partial charge in [0.05, 0.1) is 6.61 Å². The van der Waals surface area contributed by atoms with E-state index in [1.165, 1.54) is 0 Å². The molecule has 0 radical (unpaired) electrons. The maximum absolute atomic E-state index is 11.9. The normalized spacial score (nSPS) is 9.45. The molecule has 0 heterocycles. The number of hydrogen-bond donors (Lipinski definition) is 3. The van der Waals surface area contributed by atoms with Crippen LogP contribution in [0.25, 0.3) is 0 Å². The summed E-state index contributed by atoms with van der Waals surface area (Å²) in [7, 11) is 0. The third kappa shape index (κ3) is 6.03. The lowest BCUT2D eigenvalue weighted by molar-refractivity contribution is -0.118. The Morgan fingerprint density at radius 2 is 2.15 bits per heavy atom. The maximum Gasteiger partial charge on any atom is 0.251 e. The summed E-state index contributed by atoms with van der Waals surface area (Å²) in [5.41, 5.74) is 6.25. The molecule has 106 valence electrons. The van der Waals surface area contributed by atoms with Crippen molar-refractivity contribution in [3.8, 4) is 11.8 Å². The number of aliphatic hydroxyl groups is 1. The van der Waals surface area contributed by atoms with Gasteiger partial charge in [0.2, 0.25) is 5.91 Å². The zero-order valence-electron chi connectivity index (χ0n) is 11.2. The number of hydrogen-bond acceptors (Lipinski definition) is 3. The molecule has 2 amide bonds. The van der Waals surface area contributed by atoms with E-state index in [0.717, 1.165) is 5.56 Å². The monoisotopic (exact) mass is 274 g/mol. The molecule has 0 aliphatic heterocycles. The van der Waals surface area contributed by atoms with Crippen LogP contribution in [0.5, 0.6) is 0 Å². The van der Waals surface area contributed by atoms with Crippen molar-refractivity contribution in [3.05, 3.63) is 35.4 Å². The predicted octanol–water partition coefficient (Wildman–Crippen LogP) is 0.416. The number of carbonyl (C=O) groups excluding carboxylic acids is 2. The summed E-state index contributed by atoms with van der Waals surface area (Å²) in [5.74, 6) is 5.09. The third-order valence-electron chi connectivity index (χ3n) is 2.48. The Bertz CT molecular complexity index is 529. The molecule has 5 heteroatoms. The Hall–Kier alpha value is -2.32. The number of amides is 2. The van der Waals surface area contributed by atoms with E-state index in [2.05, 4.69) is 17.2 Å². The summed E-state index contributed by atoms with van der Waals surface area (Å²) in [6.45, 7) is 0.426. The second kappa shape index (κ2) is 8.73. The fourth-order valence-corrected chi connectivity index (χ4v) is 1.53. The predicted molar refractivity (Wildman–Crippen MR) is 75.8 cm³/mol. The molecule has 0 saturated carbocycles. The molecule has 1 rings (SSSR count). The Labute approximate surface area is 118 Å². The molecule has 0 spiro atoms. The molecule has 20 heavy (non-hydrogen) atoms. The van der Waals surface area contributed by atoms with Gasteiger partial charge in [-0.2, -0.15) is 0 Å². The average molecular weight is 274 g/mol. The molecule has 0 fully saturated rings. The SMILES string of the molecule is NC(=O)CCCNC(=O)c1cccc(C#CCCO)c1. The second-order valence-corrected chi connectivity index (χ2v) is 4.18. The highest BCUT2D eigenvalue weighted by molar-refractivity contribution is 5.94. The van der Waals surface area contributed by atoms with Crippen molar-refractivity contribution in [2.24, 2.45) is 5.73 Å². The largest absolute Gasteiger partial charge is 0.395 e. The zero-order valence-corrected chi connectivity index (χ0v) is 11.2. The zero-order chi connectivity index (χ0) is 14.8. The molecule has 0 atom stereocenters. The number of carbonyl (C=O) groups is 2. The van der Waals surface area contributed by atoms with Crippen LogP contribution in [0.4, 0.5) is 0 Å². The molecule has 0 unspecified atom stereocenters. The van der Waals surface area contributed by atoms with Gasteiger partial charge >= 0.3 is 0 Å². The van der Waals surface area contributed by atoms with Gasteiger partial charge in [-0.1, -0.05) is 17.9 Å². The van der Waals surface area contributed by atoms with Gasteiger partial charge in [0, 0.05) is 30.5 Å². The first-order valence-electron chi connectivity index (χ1n) is 6.40. The standard InChI is InChI=1S/C15H18N2O3/c16-14(19)8-4-9-17-15(20)13-7-3-6-12(11-13)5-1-2-10-18/h3,6-7,11,18H,2,4,8-10H2,(H2,16,19)(H,17,20). The fraction of sp³-hybridized carbons (Fsp3) is 0.333. The molecular formula is C15H18N2O3. The van der Waals surface area contributed by atoms with Crippen molar-refractivity contribution in [1.82, 2.24) is 5.32 Å². The molecule has 1 aromatic carbocycles. The van der Waals surface area contributed by atoms with E-state index in [1.54, 1.807) is 24.3 Å². The molecule has 0 aliphatic carbocycles. The lowest BCUT2D eigenvalue weighted by atomic mass is 10.1. The van der Waals surface area contributed by atoms with E-state index >= 15 is 0 Å². The lowest BCUT2D eigenvalue weighted by Gasteiger charge is -2.04. The van der Waals surface area contributed by atoms with Gasteiger partial charge < -0.3 is 16.2 Å². The van der Waals surface area contributed by atoms with E-state index in [4.69, 9.17) is 10.8 Å². The van der Waals surface area contributed by atoms with Gasteiger partial charge in [-0.3, -0.25) is 9.59 Å². The van der Waals surface area contributed by atoms with E-state index in [9.17, 15) is 9.59 Å². The highest BCUT2D eigenvalue weighted by Crippen LogP contribution is 2.04. The van der Waals surface area contributed by atoms with Crippen molar-refractivity contribution < 1.29 is 14.7 Å². The van der Waals surface area contributed by atoms with E-state index < -0.39 is 0 Å². The lowest BCUT2D eigenvalue weighted by Crippen LogP contribution is -2.25. The van der Waals surface area contributed by atoms with Crippen LogP contribution in [0, 0.1) is 11.8 Å². The Kier molecular flexibility index (Phi) is 6.87. The van der Waals surface area contributed by atoms with Crippen molar-refractivity contribution in [2.75, 3.05) is 13.2 Å². The molecular weight excluding hydrogens is 256 g/mol. The van der Waals surface area contributed by atoms with Crippen LogP contribution in [0.15, 0.2) is 24.3 Å². The summed E-state index contributed by atoms with van der Waals surface area (Å²) in [5, 5.41) is 11.4. The minimum atomic E-state index is -0.375. The van der Waals surface area contributed by atoms with Gasteiger partial charge in [-0.05, 0) is 24.6 Å². The van der Waals surface area contributed by atoms with E-state index in [-0.39, 0.29) is 24.8 Å². The van der Waals surface area contributed by atoms with Gasteiger partial charge in [0.15, 0.2) is 0 Å². The minimum Gasteiger partial charge on any atom is -0.395 e. The molecule has 0 bridgehead atoms. The smallest absolute Gasteiger partial charge is 0.251 e. The van der Waals surface area contributed by atoms with Crippen LogP contribution in [0.3, 0.4) is 0 Å². The highest BCUT2D eigenvalue weighted by Gasteiger charge is 2.05. The van der Waals surface area contributed by atoms with Crippen molar-refractivity contribution in [3.63, 3.8) is 0 Å². The number of primary amides is 1. The van der Waals surface area contributed by atoms with Gasteiger partial charge in [0.25, 0.3) is 5.91 Å². The van der Waals surface area contributed by atoms with E-state index in [0.29, 0.717) is 24.9 Å². The fourth-order valence-electron chi connectivity index (χ4n) is 1.53. The first-order valence-corrected chi connectivity index (χ1v) is 6.40. The Balaban J connectivity index is 2.54. The van der Waals surface area contributed by atoms with Gasteiger partial charge in [-0.25, -0.2) is 0 Å². The molecule has 1 aromatic rings. The van der Waals surface area contributed by atoms with E-state index in [1.807, 2.05) is 0 Å². The summed E-state index contributed by atoms with van der Waals surface area (Å²) >= 11 is 0. The van der Waals surface area contributed by atoms with Crippen LogP contribution in [0.2, 0.25) is 0 Å². The second-order valence-electron chi connectivity index (χ2n) is 4.18. The maximum atomic E-state index is 11.9. The highest BCUT2D eigenvalue weighted by atomic mass is 16.2. The first kappa shape index (κ1) is 15.7. The molecule has 0 saturated heterocycles. The molecule has 4 N–H and O–H groups in total. The summed E-state index contributed by atoms with van der Waals surface area (Å²) in [6.07, 6.45) is 1.19. The Morgan fingerprint density at radius 1 is 1.35 bits per heavy atom. The minimum absolute atomic E-state index is 0.0209. The number of aliphatic hydroxyl groups excluding tert-OH is 1. The van der Waals surface area contributed by atoms with Gasteiger partial charge in [0.1, 0.15) is 0 Å². The summed E-state index contributed by atoms with van der Waals surface area (Å²) < 4.78 is 0. The summed E-state index contributed by atoms with van der Waals surface area (Å²) in [6, 6.07) is 6.93. The molecule has 5 nitrogen and oxygen atoms in total. The van der Waals surface area contributed by atoms with Crippen molar-refractivity contribution >= 4 is 11.8 Å². The number of rotatable bonds is 6. The number of nitrogens with two attached hydrogens (primary N) is 1. The summed E-state index contributed by atoms with van der Waals surface area (Å²) in [4.78, 5) is 22.4. The number of nitrogens with one attached hydrogen (secondary N) is 1. The average Bonchev–Trinajstić information content (AvgIpc) is 2.44. The van der Waals surface area contributed by atoms with Crippen LogP contribution in [0.1, 0.15) is 35.2 Å². The van der Waals surface area contributed by atoms with Crippen LogP contribution in [-0.2, 0) is 4.79 Å². The first-order chi connectivity index (χ1) is 9.63. The van der Waals surface area contributed by atoms with Crippen LogP contribution in [-0.4, -0.2) is 30.1 Å². The topological polar surface area (TPSA) is 92.4 Å².